The predicted molar refractivity (Wildman–Crippen MR) is 131 cm³/mol. The Labute approximate surface area is 216 Å². The van der Waals surface area contributed by atoms with E-state index in [0.717, 1.165) is 5.56 Å². The van der Waals surface area contributed by atoms with E-state index in [1.807, 2.05) is 45.0 Å². The maximum atomic E-state index is 14.8. The van der Waals surface area contributed by atoms with E-state index in [1.54, 1.807) is 0 Å². The van der Waals surface area contributed by atoms with Gasteiger partial charge in [-0.2, -0.15) is 13.2 Å². The highest BCUT2D eigenvalue weighted by Crippen LogP contribution is 2.34. The summed E-state index contributed by atoms with van der Waals surface area (Å²) >= 11 is 11.5. The van der Waals surface area contributed by atoms with Gasteiger partial charge in [-0.15, -0.1) is 0 Å². The van der Waals surface area contributed by atoms with Gasteiger partial charge in [0, 0.05) is 13.1 Å². The van der Waals surface area contributed by atoms with Gasteiger partial charge in [0.2, 0.25) is 0 Å². The summed E-state index contributed by atoms with van der Waals surface area (Å²) in [6.07, 6.45) is -4.61. The minimum absolute atomic E-state index is 0.00544. The lowest BCUT2D eigenvalue weighted by atomic mass is 9.87. The van der Waals surface area contributed by atoms with Crippen LogP contribution < -0.4 is 0 Å². The number of hydrogen-bond acceptors (Lipinski definition) is 1. The zero-order valence-electron chi connectivity index (χ0n) is 19.8. The van der Waals surface area contributed by atoms with E-state index in [2.05, 4.69) is 0 Å². The van der Waals surface area contributed by atoms with Crippen molar-refractivity contribution in [1.82, 2.24) is 4.90 Å². The van der Waals surface area contributed by atoms with Crippen LogP contribution in [0.25, 0.3) is 0 Å². The summed E-state index contributed by atoms with van der Waals surface area (Å²) in [5, 5.41) is -0.896. The van der Waals surface area contributed by atoms with E-state index in [0.29, 0.717) is 23.3 Å². The van der Waals surface area contributed by atoms with Crippen molar-refractivity contribution in [2.24, 2.45) is 0 Å². The molecule has 0 aliphatic heterocycles. The van der Waals surface area contributed by atoms with Gasteiger partial charge in [-0.1, -0.05) is 74.3 Å². The monoisotopic (exact) mass is 543 g/mol. The van der Waals surface area contributed by atoms with E-state index < -0.39 is 39.9 Å². The first kappa shape index (κ1) is 27.9. The lowest BCUT2D eigenvalue weighted by Gasteiger charge is -2.25. The minimum atomic E-state index is -4.81. The van der Waals surface area contributed by atoms with Gasteiger partial charge in [-0.3, -0.25) is 4.79 Å². The lowest BCUT2D eigenvalue weighted by Crippen LogP contribution is -2.33. The molecular formula is C27H24Cl2F5NO. The molecule has 192 valence electrons. The first-order valence-corrected chi connectivity index (χ1v) is 11.8. The normalized spacial score (nSPS) is 12.1. The number of carbonyl (C=O) groups is 1. The van der Waals surface area contributed by atoms with Crippen molar-refractivity contribution in [2.75, 3.05) is 6.54 Å². The molecule has 3 aromatic carbocycles. The highest BCUT2D eigenvalue weighted by atomic mass is 35.5. The number of amides is 1. The Bertz CT molecular complexity index is 1250. The average molecular weight is 544 g/mol. The Balaban J connectivity index is 1.96. The minimum Gasteiger partial charge on any atom is -0.334 e. The zero-order chi connectivity index (χ0) is 26.8. The van der Waals surface area contributed by atoms with E-state index in [9.17, 15) is 26.7 Å². The third kappa shape index (κ3) is 6.77. The molecule has 0 fully saturated rings. The molecule has 0 atom stereocenters. The molecule has 2 nitrogen and oxygen atoms in total. The number of carbonyl (C=O) groups excluding carboxylic acids is 1. The second-order valence-electron chi connectivity index (χ2n) is 9.49. The predicted octanol–water partition coefficient (Wildman–Crippen LogP) is 8.47. The Morgan fingerprint density at radius 1 is 0.833 bits per heavy atom. The van der Waals surface area contributed by atoms with Crippen LogP contribution in [-0.2, 0) is 24.6 Å². The van der Waals surface area contributed by atoms with Gasteiger partial charge in [0.15, 0.2) is 5.82 Å². The summed E-state index contributed by atoms with van der Waals surface area (Å²) in [7, 11) is 0. The molecule has 0 heterocycles. The molecule has 0 radical (unpaired) electrons. The molecule has 0 aliphatic carbocycles. The number of nitrogens with zero attached hydrogens (tertiary/aromatic N) is 1. The van der Waals surface area contributed by atoms with Crippen molar-refractivity contribution < 1.29 is 26.7 Å². The van der Waals surface area contributed by atoms with E-state index in [-0.39, 0.29) is 29.9 Å². The van der Waals surface area contributed by atoms with Crippen LogP contribution in [0.3, 0.4) is 0 Å². The third-order valence-electron chi connectivity index (χ3n) is 5.72. The van der Waals surface area contributed by atoms with Crippen LogP contribution in [0.4, 0.5) is 22.0 Å². The maximum Gasteiger partial charge on any atom is 0.416 e. The van der Waals surface area contributed by atoms with E-state index >= 15 is 0 Å². The molecule has 0 unspecified atom stereocenters. The van der Waals surface area contributed by atoms with Crippen LogP contribution in [0.5, 0.6) is 0 Å². The summed E-state index contributed by atoms with van der Waals surface area (Å²) in [6.45, 7) is 6.16. The number of rotatable bonds is 6. The van der Waals surface area contributed by atoms with Crippen molar-refractivity contribution in [3.8, 4) is 0 Å². The van der Waals surface area contributed by atoms with E-state index in [4.69, 9.17) is 23.2 Å². The molecule has 3 aromatic rings. The summed E-state index contributed by atoms with van der Waals surface area (Å²) in [4.78, 5) is 14.6. The topological polar surface area (TPSA) is 20.3 Å². The Kier molecular flexibility index (Phi) is 8.36. The zero-order valence-corrected chi connectivity index (χ0v) is 21.3. The molecule has 0 aliphatic rings. The lowest BCUT2D eigenvalue weighted by molar-refractivity contribution is -0.137. The fourth-order valence-corrected chi connectivity index (χ4v) is 4.04. The average Bonchev–Trinajstić information content (AvgIpc) is 2.79. The summed E-state index contributed by atoms with van der Waals surface area (Å²) < 4.78 is 68.2. The van der Waals surface area contributed by atoms with Crippen LogP contribution in [0.1, 0.15) is 53.4 Å². The van der Waals surface area contributed by atoms with Crippen LogP contribution in [0.2, 0.25) is 10.0 Å². The highest BCUT2D eigenvalue weighted by molar-refractivity contribution is 6.31. The van der Waals surface area contributed by atoms with Gasteiger partial charge in [-0.25, -0.2) is 8.78 Å². The second kappa shape index (κ2) is 10.8. The van der Waals surface area contributed by atoms with Gasteiger partial charge in [0.05, 0.1) is 21.2 Å². The first-order chi connectivity index (χ1) is 16.7. The summed E-state index contributed by atoms with van der Waals surface area (Å²) in [5.74, 6) is -2.78. The molecule has 3 rings (SSSR count). The van der Waals surface area contributed by atoms with Crippen LogP contribution in [0, 0.1) is 11.6 Å². The van der Waals surface area contributed by atoms with Crippen molar-refractivity contribution in [3.63, 3.8) is 0 Å². The summed E-state index contributed by atoms with van der Waals surface area (Å²) in [6, 6.07) is 12.4. The van der Waals surface area contributed by atoms with Crippen molar-refractivity contribution in [1.29, 1.82) is 0 Å². The molecule has 36 heavy (non-hydrogen) atoms. The number of alkyl halides is 3. The van der Waals surface area contributed by atoms with Crippen molar-refractivity contribution in [2.45, 2.75) is 45.3 Å². The van der Waals surface area contributed by atoms with Crippen LogP contribution in [0.15, 0.2) is 54.6 Å². The van der Waals surface area contributed by atoms with Crippen molar-refractivity contribution >= 4 is 29.1 Å². The third-order valence-corrected chi connectivity index (χ3v) is 6.29. The molecule has 0 N–H and O–H groups in total. The molecule has 9 heteroatoms. The number of benzene rings is 3. The van der Waals surface area contributed by atoms with Gasteiger partial charge >= 0.3 is 6.18 Å². The molecular weight excluding hydrogens is 520 g/mol. The van der Waals surface area contributed by atoms with Gasteiger partial charge in [0.25, 0.3) is 5.91 Å². The second-order valence-corrected chi connectivity index (χ2v) is 10.3. The molecule has 1 amide bonds. The fraction of sp³-hybridized carbons (Fsp3) is 0.296. The first-order valence-electron chi connectivity index (χ1n) is 11.1. The van der Waals surface area contributed by atoms with Crippen LogP contribution in [-0.4, -0.2) is 17.4 Å². The fourth-order valence-electron chi connectivity index (χ4n) is 3.62. The Morgan fingerprint density at radius 2 is 1.44 bits per heavy atom. The van der Waals surface area contributed by atoms with Gasteiger partial charge in [-0.05, 0) is 52.8 Å². The van der Waals surface area contributed by atoms with Gasteiger partial charge in [0.1, 0.15) is 5.82 Å². The smallest absolute Gasteiger partial charge is 0.334 e. The summed E-state index contributed by atoms with van der Waals surface area (Å²) in [5.41, 5.74) is 0.251. The SMILES string of the molecule is CC(C)(C)c1ccc(CN(CCc2ccc(F)c(Cl)c2)C(=O)c2cc(C(F)(F)F)cc(Cl)c2F)cc1. The maximum absolute atomic E-state index is 14.8. The molecule has 0 saturated heterocycles. The number of halogens is 7. The standard InChI is InChI=1S/C27H24Cl2F5NO/c1-26(2,3)18-7-4-17(5-8-18)15-35(11-10-16-6-9-23(30)21(28)12-16)25(36)20-13-19(27(32,33)34)14-22(29)24(20)31/h4-9,12-14H,10-11,15H2,1-3H3. The Hall–Kier alpha value is -2.64. The largest absolute Gasteiger partial charge is 0.416 e. The Morgan fingerprint density at radius 3 is 2.00 bits per heavy atom. The van der Waals surface area contributed by atoms with Crippen molar-refractivity contribution in [3.05, 3.63) is 104 Å². The molecule has 0 bridgehead atoms. The van der Waals surface area contributed by atoms with Gasteiger partial charge < -0.3 is 4.90 Å². The molecule has 0 saturated carbocycles. The molecule has 0 spiro atoms. The highest BCUT2D eigenvalue weighted by Gasteiger charge is 2.34. The number of hydrogen-bond donors (Lipinski definition) is 0. The van der Waals surface area contributed by atoms with E-state index in [1.165, 1.54) is 23.1 Å². The molecule has 0 aromatic heterocycles. The van der Waals surface area contributed by atoms with Crippen LogP contribution >= 0.6 is 23.2 Å². The quantitative estimate of drug-likeness (QED) is 0.285.